The summed E-state index contributed by atoms with van der Waals surface area (Å²) in [5.74, 6) is -0.948. The van der Waals surface area contributed by atoms with Crippen molar-refractivity contribution in [2.75, 3.05) is 26.7 Å². The first kappa shape index (κ1) is 20.7. The fourth-order valence-corrected chi connectivity index (χ4v) is 2.46. The Balaban J connectivity index is 2.64. The van der Waals surface area contributed by atoms with E-state index in [1.54, 1.807) is 11.8 Å². The molecule has 1 aromatic carbocycles. The summed E-state index contributed by atoms with van der Waals surface area (Å²) in [6.45, 7) is 6.18. The van der Waals surface area contributed by atoms with Crippen LogP contribution < -0.4 is 5.32 Å². The van der Waals surface area contributed by atoms with Crippen LogP contribution >= 0.6 is 0 Å². The van der Waals surface area contributed by atoms with Crippen molar-refractivity contribution in [1.82, 2.24) is 10.2 Å². The summed E-state index contributed by atoms with van der Waals surface area (Å²) >= 11 is 0. The van der Waals surface area contributed by atoms with Crippen molar-refractivity contribution in [3.63, 3.8) is 0 Å². The van der Waals surface area contributed by atoms with Crippen LogP contribution in [0, 0.1) is 12.8 Å². The van der Waals surface area contributed by atoms with Gasteiger partial charge in [0, 0.05) is 33.0 Å². The van der Waals surface area contributed by atoms with E-state index in [9.17, 15) is 14.4 Å². The average molecular weight is 348 g/mol. The number of rotatable bonds is 9. The molecule has 6 heteroatoms. The predicted octanol–water partition coefficient (Wildman–Crippen LogP) is 1.70. The van der Waals surface area contributed by atoms with Gasteiger partial charge >= 0.3 is 5.97 Å². The summed E-state index contributed by atoms with van der Waals surface area (Å²) in [4.78, 5) is 36.8. The zero-order valence-electron chi connectivity index (χ0n) is 15.5. The minimum absolute atomic E-state index is 0.0401. The molecule has 0 saturated carbocycles. The first-order valence-corrected chi connectivity index (χ1v) is 8.49. The molecule has 1 rings (SSSR count). The first-order valence-electron chi connectivity index (χ1n) is 8.49. The van der Waals surface area contributed by atoms with Gasteiger partial charge in [-0.2, -0.15) is 0 Å². The van der Waals surface area contributed by atoms with E-state index < -0.39 is 5.92 Å². The van der Waals surface area contributed by atoms with Crippen LogP contribution in [0.3, 0.4) is 0 Å². The van der Waals surface area contributed by atoms with Crippen LogP contribution in [0.4, 0.5) is 0 Å². The maximum Gasteiger partial charge on any atom is 0.310 e. The number of ether oxygens (including phenoxy) is 1. The molecule has 0 aliphatic rings. The monoisotopic (exact) mass is 348 g/mol. The minimum Gasteiger partial charge on any atom is -0.469 e. The van der Waals surface area contributed by atoms with E-state index in [-0.39, 0.29) is 24.3 Å². The third-order valence-electron chi connectivity index (χ3n) is 3.95. The van der Waals surface area contributed by atoms with Crippen molar-refractivity contribution in [2.24, 2.45) is 5.92 Å². The van der Waals surface area contributed by atoms with Gasteiger partial charge in [0.25, 0.3) is 0 Å². The standard InChI is InChI=1S/C19H28N2O4/c1-14-5-7-17(8-6-14)9-10-18(23)21(12-11-20-16(3)22)13-15(2)19(24)25-4/h5-8,15H,9-13H2,1-4H3,(H,20,22). The van der Waals surface area contributed by atoms with Gasteiger partial charge in [-0.25, -0.2) is 0 Å². The van der Waals surface area contributed by atoms with Crippen LogP contribution in [0.25, 0.3) is 0 Å². The van der Waals surface area contributed by atoms with Crippen LogP contribution in [-0.4, -0.2) is 49.4 Å². The summed E-state index contributed by atoms with van der Waals surface area (Å²) in [6, 6.07) is 8.07. The molecular formula is C19H28N2O4. The van der Waals surface area contributed by atoms with E-state index in [0.29, 0.717) is 25.9 Å². The molecule has 0 radical (unpaired) electrons. The van der Waals surface area contributed by atoms with E-state index in [4.69, 9.17) is 4.74 Å². The molecule has 25 heavy (non-hydrogen) atoms. The molecule has 1 aromatic rings. The second-order valence-electron chi connectivity index (χ2n) is 6.23. The van der Waals surface area contributed by atoms with Crippen LogP contribution in [0.2, 0.25) is 0 Å². The van der Waals surface area contributed by atoms with E-state index >= 15 is 0 Å². The van der Waals surface area contributed by atoms with Gasteiger partial charge in [0.1, 0.15) is 0 Å². The zero-order chi connectivity index (χ0) is 18.8. The molecule has 0 aliphatic heterocycles. The quantitative estimate of drug-likeness (QED) is 0.689. The maximum absolute atomic E-state index is 12.6. The Morgan fingerprint density at radius 2 is 1.84 bits per heavy atom. The van der Waals surface area contributed by atoms with E-state index in [1.807, 2.05) is 31.2 Å². The zero-order valence-corrected chi connectivity index (χ0v) is 15.5. The van der Waals surface area contributed by atoms with Crippen molar-refractivity contribution in [1.29, 1.82) is 0 Å². The average Bonchev–Trinajstić information content (AvgIpc) is 2.58. The molecule has 1 atom stereocenters. The Labute approximate surface area is 149 Å². The lowest BCUT2D eigenvalue weighted by Gasteiger charge is -2.25. The van der Waals surface area contributed by atoms with Gasteiger partial charge in [0.05, 0.1) is 13.0 Å². The van der Waals surface area contributed by atoms with Crippen molar-refractivity contribution >= 4 is 17.8 Å². The third-order valence-corrected chi connectivity index (χ3v) is 3.95. The van der Waals surface area contributed by atoms with Gasteiger partial charge < -0.3 is 15.0 Å². The number of aryl methyl sites for hydroxylation is 2. The van der Waals surface area contributed by atoms with Crippen LogP contribution in [0.15, 0.2) is 24.3 Å². The molecule has 0 fully saturated rings. The Morgan fingerprint density at radius 3 is 2.40 bits per heavy atom. The second kappa shape index (κ2) is 10.5. The number of benzene rings is 1. The fraction of sp³-hybridized carbons (Fsp3) is 0.526. The van der Waals surface area contributed by atoms with Crippen molar-refractivity contribution < 1.29 is 19.1 Å². The molecule has 1 N–H and O–H groups in total. The normalized spacial score (nSPS) is 11.5. The lowest BCUT2D eigenvalue weighted by molar-refractivity contribution is -0.146. The van der Waals surface area contributed by atoms with Gasteiger partial charge in [-0.1, -0.05) is 36.8 Å². The number of carbonyl (C=O) groups is 3. The predicted molar refractivity (Wildman–Crippen MR) is 95.9 cm³/mol. The molecule has 0 aliphatic carbocycles. The largest absolute Gasteiger partial charge is 0.469 e. The summed E-state index contributed by atoms with van der Waals surface area (Å²) in [5, 5.41) is 2.68. The lowest BCUT2D eigenvalue weighted by Crippen LogP contribution is -2.42. The highest BCUT2D eigenvalue weighted by molar-refractivity contribution is 5.78. The molecule has 0 bridgehead atoms. The highest BCUT2D eigenvalue weighted by atomic mass is 16.5. The Morgan fingerprint density at radius 1 is 1.20 bits per heavy atom. The molecule has 2 amide bonds. The number of nitrogens with one attached hydrogen (secondary N) is 1. The maximum atomic E-state index is 12.6. The number of hydrogen-bond acceptors (Lipinski definition) is 4. The highest BCUT2D eigenvalue weighted by Crippen LogP contribution is 2.09. The fourth-order valence-electron chi connectivity index (χ4n) is 2.46. The summed E-state index contributed by atoms with van der Waals surface area (Å²) in [7, 11) is 1.33. The van der Waals surface area contributed by atoms with Gasteiger partial charge in [-0.3, -0.25) is 14.4 Å². The van der Waals surface area contributed by atoms with Crippen molar-refractivity contribution in [3.8, 4) is 0 Å². The van der Waals surface area contributed by atoms with Gasteiger partial charge in [0.2, 0.25) is 11.8 Å². The Hall–Kier alpha value is -2.37. The molecule has 0 aromatic heterocycles. The molecule has 1 unspecified atom stereocenters. The summed E-state index contributed by atoms with van der Waals surface area (Å²) in [5.41, 5.74) is 2.28. The first-order chi connectivity index (χ1) is 11.8. The number of carbonyl (C=O) groups excluding carboxylic acids is 3. The SMILES string of the molecule is COC(=O)C(C)CN(CCNC(C)=O)C(=O)CCc1ccc(C)cc1. The molecule has 138 valence electrons. The molecule has 0 heterocycles. The van der Waals surface area contributed by atoms with Gasteiger partial charge in [-0.15, -0.1) is 0 Å². The second-order valence-corrected chi connectivity index (χ2v) is 6.23. The van der Waals surface area contributed by atoms with E-state index in [1.165, 1.54) is 19.6 Å². The number of amides is 2. The van der Waals surface area contributed by atoms with E-state index in [0.717, 1.165) is 5.56 Å². The molecule has 6 nitrogen and oxygen atoms in total. The van der Waals surface area contributed by atoms with Crippen LogP contribution in [0.1, 0.15) is 31.4 Å². The van der Waals surface area contributed by atoms with Crippen molar-refractivity contribution in [3.05, 3.63) is 35.4 Å². The highest BCUT2D eigenvalue weighted by Gasteiger charge is 2.21. The molecule has 0 saturated heterocycles. The Kier molecular flexibility index (Phi) is 8.67. The Bertz CT molecular complexity index is 584. The third kappa shape index (κ3) is 7.83. The van der Waals surface area contributed by atoms with Crippen molar-refractivity contribution in [2.45, 2.75) is 33.6 Å². The van der Waals surface area contributed by atoms with Gasteiger partial charge in [0.15, 0.2) is 0 Å². The van der Waals surface area contributed by atoms with E-state index in [2.05, 4.69) is 5.32 Å². The van der Waals surface area contributed by atoms with Gasteiger partial charge in [-0.05, 0) is 18.9 Å². The lowest BCUT2D eigenvalue weighted by atomic mass is 10.1. The minimum atomic E-state index is -0.411. The number of nitrogens with zero attached hydrogens (tertiary/aromatic N) is 1. The molecule has 0 spiro atoms. The summed E-state index contributed by atoms with van der Waals surface area (Å²) in [6.07, 6.45) is 0.999. The summed E-state index contributed by atoms with van der Waals surface area (Å²) < 4.78 is 4.73. The number of methoxy groups -OCH3 is 1. The number of hydrogen-bond donors (Lipinski definition) is 1. The smallest absolute Gasteiger partial charge is 0.310 e. The topological polar surface area (TPSA) is 75.7 Å². The number of esters is 1. The van der Waals surface area contributed by atoms with Crippen LogP contribution in [0.5, 0.6) is 0 Å². The molecular weight excluding hydrogens is 320 g/mol. The van der Waals surface area contributed by atoms with Crippen LogP contribution in [-0.2, 0) is 25.5 Å².